The summed E-state index contributed by atoms with van der Waals surface area (Å²) in [5.41, 5.74) is 0.256. The van der Waals surface area contributed by atoms with E-state index in [1.165, 1.54) is 6.20 Å². The number of carbonyl (C=O) groups excluding carboxylic acids is 1. The number of amides is 1. The lowest BCUT2D eigenvalue weighted by atomic mass is 10.1. The van der Waals surface area contributed by atoms with Crippen LogP contribution in [-0.4, -0.2) is 30.7 Å². The standard InChI is InChI=1S/C14H14F3N3O/c1-18-12-10-5-3-2-4-9(10)11(8-20-12)13(21)19-7-6-14(15,16)17/h2-5,8H,6-7H2,1H3,(H,18,20)(H,19,21). The predicted octanol–water partition coefficient (Wildman–Crippen LogP) is 2.96. The van der Waals surface area contributed by atoms with E-state index in [2.05, 4.69) is 15.6 Å². The first-order chi connectivity index (χ1) is 9.92. The minimum absolute atomic E-state index is 0.256. The summed E-state index contributed by atoms with van der Waals surface area (Å²) in [4.78, 5) is 16.1. The van der Waals surface area contributed by atoms with E-state index in [0.29, 0.717) is 11.2 Å². The Kier molecular flexibility index (Phi) is 4.30. The molecule has 0 fully saturated rings. The van der Waals surface area contributed by atoms with Crippen molar-refractivity contribution in [2.45, 2.75) is 12.6 Å². The van der Waals surface area contributed by atoms with E-state index >= 15 is 0 Å². The molecular weight excluding hydrogens is 283 g/mol. The van der Waals surface area contributed by atoms with Gasteiger partial charge in [0, 0.05) is 25.2 Å². The number of anilines is 1. The summed E-state index contributed by atoms with van der Waals surface area (Å²) in [6.07, 6.45) is -3.99. The molecular formula is C14H14F3N3O. The van der Waals surface area contributed by atoms with E-state index in [1.54, 1.807) is 31.3 Å². The Hall–Kier alpha value is -2.31. The summed E-state index contributed by atoms with van der Waals surface area (Å²) in [5.74, 6) is 0.0445. The monoisotopic (exact) mass is 297 g/mol. The van der Waals surface area contributed by atoms with Crippen molar-refractivity contribution >= 4 is 22.5 Å². The van der Waals surface area contributed by atoms with Gasteiger partial charge in [-0.2, -0.15) is 13.2 Å². The highest BCUT2D eigenvalue weighted by Gasteiger charge is 2.26. The van der Waals surface area contributed by atoms with Gasteiger partial charge in [0.1, 0.15) is 5.82 Å². The van der Waals surface area contributed by atoms with Crippen LogP contribution in [-0.2, 0) is 0 Å². The molecule has 2 rings (SSSR count). The van der Waals surface area contributed by atoms with E-state index < -0.39 is 25.0 Å². The number of halogens is 3. The van der Waals surface area contributed by atoms with Gasteiger partial charge in [-0.25, -0.2) is 4.98 Å². The number of fused-ring (bicyclic) bond motifs is 1. The summed E-state index contributed by atoms with van der Waals surface area (Å²) < 4.78 is 36.3. The largest absolute Gasteiger partial charge is 0.390 e. The Morgan fingerprint density at radius 1 is 1.24 bits per heavy atom. The first kappa shape index (κ1) is 15.1. The molecule has 1 aromatic heterocycles. The highest BCUT2D eigenvalue weighted by Crippen LogP contribution is 2.24. The summed E-state index contributed by atoms with van der Waals surface area (Å²) in [6, 6.07) is 7.08. The van der Waals surface area contributed by atoms with Crippen LogP contribution < -0.4 is 10.6 Å². The van der Waals surface area contributed by atoms with Crippen molar-refractivity contribution in [2.24, 2.45) is 0 Å². The number of nitrogens with zero attached hydrogens (tertiary/aromatic N) is 1. The molecule has 0 saturated heterocycles. The first-order valence-electron chi connectivity index (χ1n) is 6.33. The van der Waals surface area contributed by atoms with Crippen molar-refractivity contribution in [1.82, 2.24) is 10.3 Å². The number of alkyl halides is 3. The number of pyridine rings is 1. The molecule has 1 heterocycles. The minimum atomic E-state index is -4.29. The molecule has 0 aliphatic rings. The second kappa shape index (κ2) is 5.99. The maximum absolute atomic E-state index is 12.1. The van der Waals surface area contributed by atoms with Crippen molar-refractivity contribution in [3.8, 4) is 0 Å². The van der Waals surface area contributed by atoms with Gasteiger partial charge in [-0.05, 0) is 5.39 Å². The lowest BCUT2D eigenvalue weighted by molar-refractivity contribution is -0.132. The molecule has 1 amide bonds. The third kappa shape index (κ3) is 3.62. The van der Waals surface area contributed by atoms with E-state index in [9.17, 15) is 18.0 Å². The van der Waals surface area contributed by atoms with Crippen molar-refractivity contribution in [2.75, 3.05) is 18.9 Å². The third-order valence-corrected chi connectivity index (χ3v) is 2.97. The van der Waals surface area contributed by atoms with Crippen LogP contribution in [0.1, 0.15) is 16.8 Å². The average Bonchev–Trinajstić information content (AvgIpc) is 2.44. The number of benzene rings is 1. The van der Waals surface area contributed by atoms with Gasteiger partial charge < -0.3 is 10.6 Å². The van der Waals surface area contributed by atoms with Crippen molar-refractivity contribution < 1.29 is 18.0 Å². The molecule has 0 aliphatic heterocycles. The summed E-state index contributed by atoms with van der Waals surface area (Å²) in [5, 5.41) is 6.55. The molecule has 0 atom stereocenters. The Bertz CT molecular complexity index is 655. The number of aromatic nitrogens is 1. The van der Waals surface area contributed by atoms with E-state index in [0.717, 1.165) is 5.39 Å². The zero-order valence-corrected chi connectivity index (χ0v) is 11.3. The highest BCUT2D eigenvalue weighted by atomic mass is 19.4. The van der Waals surface area contributed by atoms with Gasteiger partial charge in [-0.15, -0.1) is 0 Å². The summed E-state index contributed by atoms with van der Waals surface area (Å²) in [7, 11) is 1.71. The average molecular weight is 297 g/mol. The van der Waals surface area contributed by atoms with Crippen molar-refractivity contribution in [3.05, 3.63) is 36.0 Å². The summed E-state index contributed by atoms with van der Waals surface area (Å²) >= 11 is 0. The molecule has 7 heteroatoms. The fourth-order valence-corrected chi connectivity index (χ4v) is 1.99. The molecule has 0 unspecified atom stereocenters. The van der Waals surface area contributed by atoms with E-state index in [-0.39, 0.29) is 5.56 Å². The maximum Gasteiger partial charge on any atom is 0.390 e. The normalized spacial score (nSPS) is 11.4. The maximum atomic E-state index is 12.1. The molecule has 1 aromatic carbocycles. The van der Waals surface area contributed by atoms with Crippen LogP contribution in [0.4, 0.5) is 19.0 Å². The summed E-state index contributed by atoms with van der Waals surface area (Å²) in [6.45, 7) is -0.454. The lowest BCUT2D eigenvalue weighted by Gasteiger charge is -2.11. The zero-order chi connectivity index (χ0) is 15.5. The van der Waals surface area contributed by atoms with Gasteiger partial charge in [0.15, 0.2) is 0 Å². The van der Waals surface area contributed by atoms with Crippen LogP contribution in [0.3, 0.4) is 0 Å². The van der Waals surface area contributed by atoms with Crippen LogP contribution in [0.15, 0.2) is 30.5 Å². The van der Waals surface area contributed by atoms with E-state index in [1.807, 2.05) is 0 Å². The molecule has 4 nitrogen and oxygen atoms in total. The van der Waals surface area contributed by atoms with Crippen molar-refractivity contribution in [3.63, 3.8) is 0 Å². The molecule has 0 spiro atoms. The molecule has 21 heavy (non-hydrogen) atoms. The van der Waals surface area contributed by atoms with Gasteiger partial charge in [-0.3, -0.25) is 4.79 Å². The number of rotatable bonds is 4. The Balaban J connectivity index is 2.24. The van der Waals surface area contributed by atoms with Gasteiger partial charge in [0.05, 0.1) is 12.0 Å². The van der Waals surface area contributed by atoms with E-state index in [4.69, 9.17) is 0 Å². The first-order valence-corrected chi connectivity index (χ1v) is 6.33. The molecule has 112 valence electrons. The molecule has 0 bridgehead atoms. The molecule has 0 radical (unpaired) electrons. The second-order valence-corrected chi connectivity index (χ2v) is 4.44. The predicted molar refractivity (Wildman–Crippen MR) is 74.3 cm³/mol. The fourth-order valence-electron chi connectivity index (χ4n) is 1.99. The third-order valence-electron chi connectivity index (χ3n) is 2.97. The number of nitrogens with one attached hydrogen (secondary N) is 2. The SMILES string of the molecule is CNc1ncc(C(=O)NCCC(F)(F)F)c2ccccc12. The quantitative estimate of drug-likeness (QED) is 0.912. The molecule has 2 aromatic rings. The fraction of sp³-hybridized carbons (Fsp3) is 0.286. The van der Waals surface area contributed by atoms with Gasteiger partial charge in [0.25, 0.3) is 5.91 Å². The lowest BCUT2D eigenvalue weighted by Crippen LogP contribution is -2.28. The molecule has 0 aliphatic carbocycles. The van der Waals surface area contributed by atoms with Crippen LogP contribution in [0, 0.1) is 0 Å². The van der Waals surface area contributed by atoms with Crippen LogP contribution in [0.5, 0.6) is 0 Å². The molecule has 0 saturated carbocycles. The second-order valence-electron chi connectivity index (χ2n) is 4.44. The number of hydrogen-bond acceptors (Lipinski definition) is 3. The van der Waals surface area contributed by atoms with Crippen LogP contribution >= 0.6 is 0 Å². The van der Waals surface area contributed by atoms with Crippen LogP contribution in [0.25, 0.3) is 10.8 Å². The molecule has 2 N–H and O–H groups in total. The topological polar surface area (TPSA) is 54.0 Å². The van der Waals surface area contributed by atoms with Gasteiger partial charge in [0.2, 0.25) is 0 Å². The highest BCUT2D eigenvalue weighted by molar-refractivity contribution is 6.09. The van der Waals surface area contributed by atoms with Crippen LogP contribution in [0.2, 0.25) is 0 Å². The Labute approximate surface area is 119 Å². The zero-order valence-electron chi connectivity index (χ0n) is 11.3. The smallest absolute Gasteiger partial charge is 0.373 e. The Morgan fingerprint density at radius 3 is 2.52 bits per heavy atom. The number of carbonyl (C=O) groups is 1. The van der Waals surface area contributed by atoms with Gasteiger partial charge in [-0.1, -0.05) is 24.3 Å². The number of hydrogen-bond donors (Lipinski definition) is 2. The Morgan fingerprint density at radius 2 is 1.90 bits per heavy atom. The van der Waals surface area contributed by atoms with Crippen molar-refractivity contribution in [1.29, 1.82) is 0 Å². The minimum Gasteiger partial charge on any atom is -0.373 e. The van der Waals surface area contributed by atoms with Gasteiger partial charge >= 0.3 is 6.18 Å².